The third kappa shape index (κ3) is 2.05. The summed E-state index contributed by atoms with van der Waals surface area (Å²) in [7, 11) is 0. The highest BCUT2D eigenvalue weighted by Gasteiger charge is 1.93. The van der Waals surface area contributed by atoms with Gasteiger partial charge in [0, 0.05) is 6.54 Å². The van der Waals surface area contributed by atoms with E-state index in [1.54, 1.807) is 6.20 Å². The fourth-order valence-corrected chi connectivity index (χ4v) is 1.08. The lowest BCUT2D eigenvalue weighted by atomic mass is 10.2. The van der Waals surface area contributed by atoms with Crippen molar-refractivity contribution < 1.29 is 0 Å². The minimum Gasteiger partial charge on any atom is -0.363 e. The molecule has 0 radical (unpaired) electrons. The van der Waals surface area contributed by atoms with Crippen LogP contribution in [0.15, 0.2) is 36.5 Å². The summed E-state index contributed by atoms with van der Waals surface area (Å²) < 4.78 is 0. The highest BCUT2D eigenvalue weighted by atomic mass is 15.3. The first-order valence-electron chi connectivity index (χ1n) is 4.09. The van der Waals surface area contributed by atoms with Crippen LogP contribution >= 0.6 is 0 Å². The lowest BCUT2D eigenvalue weighted by Crippen LogP contribution is -1.98. The molecule has 1 aromatic carbocycles. The first-order chi connectivity index (χ1) is 6.45. The summed E-state index contributed by atoms with van der Waals surface area (Å²) in [6.45, 7) is 0.771. The lowest BCUT2D eigenvalue weighted by Gasteiger charge is -2.00. The van der Waals surface area contributed by atoms with E-state index in [9.17, 15) is 0 Å². The third-order valence-electron chi connectivity index (χ3n) is 1.73. The Hall–Kier alpha value is -1.84. The number of nitrogens with one attached hydrogen (secondary N) is 2. The Kier molecular flexibility index (Phi) is 2.22. The van der Waals surface area contributed by atoms with Crippen LogP contribution in [0.5, 0.6) is 0 Å². The van der Waals surface area contributed by atoms with Crippen molar-refractivity contribution in [3.8, 4) is 0 Å². The first-order valence-corrected chi connectivity index (χ1v) is 4.09. The number of hydrogen-bond donors (Lipinski definition) is 2. The van der Waals surface area contributed by atoms with E-state index in [2.05, 4.69) is 32.9 Å². The quantitative estimate of drug-likeness (QED) is 0.739. The molecule has 66 valence electrons. The van der Waals surface area contributed by atoms with Crippen molar-refractivity contribution in [2.24, 2.45) is 0 Å². The second-order valence-electron chi connectivity index (χ2n) is 2.69. The number of rotatable bonds is 3. The van der Waals surface area contributed by atoms with Crippen LogP contribution in [0, 0.1) is 0 Å². The Labute approximate surface area is 76.0 Å². The number of anilines is 1. The molecule has 0 amide bonds. The Morgan fingerprint density at radius 2 is 2.08 bits per heavy atom. The maximum Gasteiger partial charge on any atom is 0.168 e. The van der Waals surface area contributed by atoms with Gasteiger partial charge in [-0.2, -0.15) is 10.3 Å². The molecule has 1 aromatic heterocycles. The van der Waals surface area contributed by atoms with Crippen molar-refractivity contribution in [2.75, 3.05) is 5.32 Å². The Bertz CT molecular complexity index is 341. The van der Waals surface area contributed by atoms with E-state index in [0.29, 0.717) is 0 Å². The van der Waals surface area contributed by atoms with Gasteiger partial charge in [0.05, 0.1) is 6.20 Å². The fourth-order valence-electron chi connectivity index (χ4n) is 1.08. The van der Waals surface area contributed by atoms with Gasteiger partial charge in [0.2, 0.25) is 0 Å². The van der Waals surface area contributed by atoms with Crippen LogP contribution in [-0.2, 0) is 6.54 Å². The van der Waals surface area contributed by atoms with Crippen LogP contribution in [0.25, 0.3) is 0 Å². The minimum atomic E-state index is 0.767. The third-order valence-corrected chi connectivity index (χ3v) is 1.73. The second-order valence-corrected chi connectivity index (χ2v) is 2.69. The van der Waals surface area contributed by atoms with E-state index < -0.39 is 0 Å². The highest BCUT2D eigenvalue weighted by Crippen LogP contribution is 2.02. The molecular weight excluding hydrogens is 164 g/mol. The van der Waals surface area contributed by atoms with Crippen LogP contribution in [-0.4, -0.2) is 15.4 Å². The molecule has 2 N–H and O–H groups in total. The maximum absolute atomic E-state index is 3.88. The number of benzene rings is 1. The molecule has 0 bridgehead atoms. The summed E-state index contributed by atoms with van der Waals surface area (Å²) in [5, 5.41) is 13.3. The van der Waals surface area contributed by atoms with Crippen molar-refractivity contribution in [3.63, 3.8) is 0 Å². The molecule has 13 heavy (non-hydrogen) atoms. The van der Waals surface area contributed by atoms with E-state index in [4.69, 9.17) is 0 Å². The molecule has 4 nitrogen and oxygen atoms in total. The molecular formula is C9H10N4. The predicted molar refractivity (Wildman–Crippen MR) is 50.2 cm³/mol. The van der Waals surface area contributed by atoms with Gasteiger partial charge < -0.3 is 5.32 Å². The molecule has 0 saturated carbocycles. The van der Waals surface area contributed by atoms with Gasteiger partial charge in [-0.3, -0.25) is 0 Å². The van der Waals surface area contributed by atoms with Crippen LogP contribution in [0.2, 0.25) is 0 Å². The van der Waals surface area contributed by atoms with Crippen molar-refractivity contribution in [1.82, 2.24) is 15.4 Å². The standard InChI is InChI=1S/C9H10N4/c1-2-4-8(5-3-1)6-10-9-7-11-13-12-9/h1-5,7H,6H2,(H2,10,11,12,13). The fraction of sp³-hybridized carbons (Fsp3) is 0.111. The largest absolute Gasteiger partial charge is 0.363 e. The van der Waals surface area contributed by atoms with Gasteiger partial charge in [-0.1, -0.05) is 30.3 Å². The van der Waals surface area contributed by atoms with Crippen LogP contribution in [0.1, 0.15) is 5.56 Å². The van der Waals surface area contributed by atoms with Crippen LogP contribution in [0.4, 0.5) is 5.82 Å². The molecule has 4 heteroatoms. The van der Waals surface area contributed by atoms with Crippen LogP contribution in [0.3, 0.4) is 0 Å². The maximum atomic E-state index is 3.88. The van der Waals surface area contributed by atoms with Gasteiger partial charge >= 0.3 is 0 Å². The summed E-state index contributed by atoms with van der Waals surface area (Å²) in [4.78, 5) is 0. The topological polar surface area (TPSA) is 53.6 Å². The highest BCUT2D eigenvalue weighted by molar-refractivity contribution is 5.30. The van der Waals surface area contributed by atoms with E-state index in [1.165, 1.54) is 5.56 Å². The number of aromatic nitrogens is 3. The predicted octanol–water partition coefficient (Wildman–Crippen LogP) is 1.42. The molecule has 0 unspecified atom stereocenters. The Morgan fingerprint density at radius 3 is 2.77 bits per heavy atom. The molecule has 0 atom stereocenters. The van der Waals surface area contributed by atoms with Crippen LogP contribution < -0.4 is 5.32 Å². The average molecular weight is 174 g/mol. The van der Waals surface area contributed by atoms with Crippen molar-refractivity contribution in [3.05, 3.63) is 42.1 Å². The van der Waals surface area contributed by atoms with Crippen molar-refractivity contribution >= 4 is 5.82 Å². The molecule has 0 aliphatic heterocycles. The van der Waals surface area contributed by atoms with E-state index >= 15 is 0 Å². The molecule has 0 fully saturated rings. The van der Waals surface area contributed by atoms with Gasteiger partial charge in [0.1, 0.15) is 0 Å². The van der Waals surface area contributed by atoms with Gasteiger partial charge in [-0.25, -0.2) is 0 Å². The van der Waals surface area contributed by atoms with Gasteiger partial charge in [-0.05, 0) is 5.56 Å². The smallest absolute Gasteiger partial charge is 0.168 e. The first kappa shape index (κ1) is 7.79. The molecule has 0 aliphatic carbocycles. The zero-order valence-corrected chi connectivity index (χ0v) is 7.07. The average Bonchev–Trinajstić information content (AvgIpc) is 2.69. The SMILES string of the molecule is c1ccc(CNc2cn[nH]n2)cc1. The molecule has 0 spiro atoms. The Balaban J connectivity index is 1.94. The summed E-state index contributed by atoms with van der Waals surface area (Å²) >= 11 is 0. The summed E-state index contributed by atoms with van der Waals surface area (Å²) in [5.74, 6) is 0.767. The van der Waals surface area contributed by atoms with Gasteiger partial charge in [0.15, 0.2) is 5.82 Å². The molecule has 2 rings (SSSR count). The molecule has 1 heterocycles. The van der Waals surface area contributed by atoms with Crippen molar-refractivity contribution in [1.29, 1.82) is 0 Å². The summed E-state index contributed by atoms with van der Waals surface area (Å²) in [5.41, 5.74) is 1.23. The normalized spacial score (nSPS) is 9.85. The van der Waals surface area contributed by atoms with E-state index in [1.807, 2.05) is 18.2 Å². The summed E-state index contributed by atoms with van der Waals surface area (Å²) in [6, 6.07) is 10.2. The molecule has 0 aliphatic rings. The molecule has 2 aromatic rings. The Morgan fingerprint density at radius 1 is 1.23 bits per heavy atom. The minimum absolute atomic E-state index is 0.767. The lowest BCUT2D eigenvalue weighted by molar-refractivity contribution is 0.936. The van der Waals surface area contributed by atoms with E-state index in [0.717, 1.165) is 12.4 Å². The van der Waals surface area contributed by atoms with E-state index in [-0.39, 0.29) is 0 Å². The van der Waals surface area contributed by atoms with Crippen molar-refractivity contribution in [2.45, 2.75) is 6.54 Å². The number of hydrogen-bond acceptors (Lipinski definition) is 3. The second kappa shape index (κ2) is 3.71. The van der Waals surface area contributed by atoms with Gasteiger partial charge in [0.25, 0.3) is 0 Å². The number of aromatic amines is 1. The number of H-pyrrole nitrogens is 1. The summed E-state index contributed by atoms with van der Waals surface area (Å²) in [6.07, 6.45) is 1.66. The van der Waals surface area contributed by atoms with Gasteiger partial charge in [-0.15, -0.1) is 5.10 Å². The zero-order chi connectivity index (χ0) is 8.93. The molecule has 0 saturated heterocycles. The number of nitrogens with zero attached hydrogens (tertiary/aromatic N) is 2. The monoisotopic (exact) mass is 174 g/mol. The zero-order valence-electron chi connectivity index (χ0n) is 7.07.